The van der Waals surface area contributed by atoms with Crippen LogP contribution >= 0.6 is 15.9 Å². The van der Waals surface area contributed by atoms with E-state index in [2.05, 4.69) is 15.9 Å². The molecule has 5 heteroatoms. The summed E-state index contributed by atoms with van der Waals surface area (Å²) in [5.41, 5.74) is 0.869. The molecule has 1 aromatic carbocycles. The van der Waals surface area contributed by atoms with Crippen LogP contribution in [-0.2, 0) is 0 Å². The molecule has 0 amide bonds. The molecule has 0 bridgehead atoms. The van der Waals surface area contributed by atoms with Crippen LogP contribution in [0.3, 0.4) is 0 Å². The summed E-state index contributed by atoms with van der Waals surface area (Å²) in [5, 5.41) is 11.2. The van der Waals surface area contributed by atoms with Gasteiger partial charge in [0.2, 0.25) is 0 Å². The number of ether oxygens (including phenoxy) is 1. The Balaban J connectivity index is 2.84. The molecule has 0 unspecified atom stereocenters. The van der Waals surface area contributed by atoms with Gasteiger partial charge in [-0.05, 0) is 18.6 Å². The molecule has 0 aliphatic carbocycles. The zero-order valence-electron chi connectivity index (χ0n) is 7.70. The van der Waals surface area contributed by atoms with Crippen LogP contribution in [0.15, 0.2) is 18.2 Å². The molecule has 0 heterocycles. The predicted octanol–water partition coefficient (Wildman–Crippen LogP) is 2.68. The standard InChI is InChI=1S/C9H10BrNO3/c1-7-6-8(11(12)13)2-3-9(7)14-5-4-10/h2-3,6H,4-5H2,1H3. The van der Waals surface area contributed by atoms with Gasteiger partial charge in [-0.15, -0.1) is 0 Å². The second kappa shape index (κ2) is 4.95. The summed E-state index contributed by atoms with van der Waals surface area (Å²) >= 11 is 3.24. The Morgan fingerprint density at radius 2 is 2.29 bits per heavy atom. The first kappa shape index (κ1) is 11.0. The van der Waals surface area contributed by atoms with Crippen LogP contribution in [0.2, 0.25) is 0 Å². The zero-order valence-corrected chi connectivity index (χ0v) is 9.28. The summed E-state index contributed by atoms with van der Waals surface area (Å²) in [4.78, 5) is 10.0. The Morgan fingerprint density at radius 3 is 2.79 bits per heavy atom. The van der Waals surface area contributed by atoms with E-state index in [-0.39, 0.29) is 5.69 Å². The SMILES string of the molecule is Cc1cc([N+](=O)[O-])ccc1OCCBr. The predicted molar refractivity (Wildman–Crippen MR) is 57.1 cm³/mol. The van der Waals surface area contributed by atoms with Crippen molar-refractivity contribution < 1.29 is 9.66 Å². The van der Waals surface area contributed by atoms with Crippen molar-refractivity contribution in [1.29, 1.82) is 0 Å². The third-order valence-electron chi connectivity index (χ3n) is 1.70. The lowest BCUT2D eigenvalue weighted by molar-refractivity contribution is -0.384. The smallest absolute Gasteiger partial charge is 0.269 e. The first-order valence-electron chi connectivity index (χ1n) is 4.09. The lowest BCUT2D eigenvalue weighted by Crippen LogP contribution is -1.99. The number of hydrogen-bond acceptors (Lipinski definition) is 3. The third-order valence-corrected chi connectivity index (χ3v) is 2.03. The van der Waals surface area contributed by atoms with Gasteiger partial charge in [-0.3, -0.25) is 10.1 Å². The number of rotatable bonds is 4. The summed E-state index contributed by atoms with van der Waals surface area (Å²) in [6.45, 7) is 2.34. The summed E-state index contributed by atoms with van der Waals surface area (Å²) < 4.78 is 5.35. The van der Waals surface area contributed by atoms with E-state index >= 15 is 0 Å². The number of alkyl halides is 1. The van der Waals surface area contributed by atoms with Crippen LogP contribution < -0.4 is 4.74 Å². The van der Waals surface area contributed by atoms with Gasteiger partial charge in [0.15, 0.2) is 0 Å². The average Bonchev–Trinajstić information content (AvgIpc) is 2.15. The van der Waals surface area contributed by atoms with Crippen LogP contribution in [0.4, 0.5) is 5.69 Å². The van der Waals surface area contributed by atoms with Crippen LogP contribution in [-0.4, -0.2) is 16.9 Å². The molecule has 4 nitrogen and oxygen atoms in total. The fraction of sp³-hybridized carbons (Fsp3) is 0.333. The monoisotopic (exact) mass is 259 g/mol. The van der Waals surface area contributed by atoms with E-state index in [0.29, 0.717) is 12.4 Å². The van der Waals surface area contributed by atoms with E-state index in [9.17, 15) is 10.1 Å². The van der Waals surface area contributed by atoms with E-state index in [4.69, 9.17) is 4.74 Å². The molecule has 1 rings (SSSR count). The van der Waals surface area contributed by atoms with Gasteiger partial charge in [-0.1, -0.05) is 15.9 Å². The van der Waals surface area contributed by atoms with E-state index in [1.807, 2.05) is 0 Å². The number of aryl methyl sites for hydroxylation is 1. The van der Waals surface area contributed by atoms with Crippen molar-refractivity contribution in [2.24, 2.45) is 0 Å². The summed E-state index contributed by atoms with van der Waals surface area (Å²) in [6.07, 6.45) is 0. The Labute approximate surface area is 90.2 Å². The van der Waals surface area contributed by atoms with Crippen molar-refractivity contribution in [1.82, 2.24) is 0 Å². The fourth-order valence-electron chi connectivity index (χ4n) is 1.06. The molecular weight excluding hydrogens is 250 g/mol. The number of nitro benzene ring substituents is 1. The molecule has 0 aromatic heterocycles. The molecule has 0 radical (unpaired) electrons. The summed E-state index contributed by atoms with van der Waals surface area (Å²) in [7, 11) is 0. The minimum absolute atomic E-state index is 0.0914. The molecule has 0 aliphatic rings. The summed E-state index contributed by atoms with van der Waals surface area (Å²) in [6, 6.07) is 4.57. The summed E-state index contributed by atoms with van der Waals surface area (Å²) in [5.74, 6) is 0.690. The molecule has 0 saturated carbocycles. The van der Waals surface area contributed by atoms with E-state index in [0.717, 1.165) is 10.9 Å². The molecule has 0 spiro atoms. The second-order valence-electron chi connectivity index (χ2n) is 2.74. The fourth-order valence-corrected chi connectivity index (χ4v) is 1.22. The number of non-ortho nitro benzene ring substituents is 1. The molecule has 0 N–H and O–H groups in total. The Hall–Kier alpha value is -1.10. The van der Waals surface area contributed by atoms with Gasteiger partial charge in [-0.25, -0.2) is 0 Å². The number of nitrogens with zero attached hydrogens (tertiary/aromatic N) is 1. The normalized spacial score (nSPS) is 9.86. The molecule has 0 aliphatic heterocycles. The highest BCUT2D eigenvalue weighted by Crippen LogP contribution is 2.23. The molecule has 76 valence electrons. The minimum Gasteiger partial charge on any atom is -0.492 e. The molecule has 0 atom stereocenters. The largest absolute Gasteiger partial charge is 0.492 e. The van der Waals surface area contributed by atoms with Crippen molar-refractivity contribution in [3.63, 3.8) is 0 Å². The molecule has 1 aromatic rings. The van der Waals surface area contributed by atoms with Gasteiger partial charge in [0.05, 0.1) is 11.5 Å². The Bertz CT molecular complexity index is 341. The molecular formula is C9H10BrNO3. The maximum absolute atomic E-state index is 10.4. The van der Waals surface area contributed by atoms with Crippen molar-refractivity contribution in [2.45, 2.75) is 6.92 Å². The van der Waals surface area contributed by atoms with Crippen molar-refractivity contribution >= 4 is 21.6 Å². The maximum atomic E-state index is 10.4. The van der Waals surface area contributed by atoms with Gasteiger partial charge >= 0.3 is 0 Å². The first-order valence-corrected chi connectivity index (χ1v) is 5.21. The highest BCUT2D eigenvalue weighted by atomic mass is 79.9. The van der Waals surface area contributed by atoms with E-state index in [1.165, 1.54) is 12.1 Å². The Morgan fingerprint density at radius 1 is 1.57 bits per heavy atom. The van der Waals surface area contributed by atoms with Crippen molar-refractivity contribution in [3.8, 4) is 5.75 Å². The Kier molecular flexibility index (Phi) is 3.88. The molecule has 14 heavy (non-hydrogen) atoms. The topological polar surface area (TPSA) is 52.4 Å². The first-order chi connectivity index (χ1) is 6.65. The molecule has 0 saturated heterocycles. The number of benzene rings is 1. The zero-order chi connectivity index (χ0) is 10.6. The number of hydrogen-bond donors (Lipinski definition) is 0. The van der Waals surface area contributed by atoms with Crippen molar-refractivity contribution in [3.05, 3.63) is 33.9 Å². The van der Waals surface area contributed by atoms with E-state index in [1.54, 1.807) is 13.0 Å². The highest BCUT2D eigenvalue weighted by Gasteiger charge is 2.08. The van der Waals surface area contributed by atoms with Crippen molar-refractivity contribution in [2.75, 3.05) is 11.9 Å². The van der Waals surface area contributed by atoms with Crippen LogP contribution in [0, 0.1) is 17.0 Å². The van der Waals surface area contributed by atoms with Gasteiger partial charge in [-0.2, -0.15) is 0 Å². The maximum Gasteiger partial charge on any atom is 0.269 e. The van der Waals surface area contributed by atoms with Gasteiger partial charge in [0.25, 0.3) is 5.69 Å². The number of nitro groups is 1. The molecule has 0 fully saturated rings. The van der Waals surface area contributed by atoms with Gasteiger partial charge < -0.3 is 4.74 Å². The van der Waals surface area contributed by atoms with E-state index < -0.39 is 4.92 Å². The lowest BCUT2D eigenvalue weighted by atomic mass is 10.2. The highest BCUT2D eigenvalue weighted by molar-refractivity contribution is 9.09. The van der Waals surface area contributed by atoms with Crippen LogP contribution in [0.1, 0.15) is 5.56 Å². The quantitative estimate of drug-likeness (QED) is 0.475. The van der Waals surface area contributed by atoms with Crippen LogP contribution in [0.25, 0.3) is 0 Å². The number of halogens is 1. The van der Waals surface area contributed by atoms with Gasteiger partial charge in [0.1, 0.15) is 5.75 Å². The minimum atomic E-state index is -0.415. The second-order valence-corrected chi connectivity index (χ2v) is 3.54. The average molecular weight is 260 g/mol. The third kappa shape index (κ3) is 2.70. The lowest BCUT2D eigenvalue weighted by Gasteiger charge is -2.06. The van der Waals surface area contributed by atoms with Crippen LogP contribution in [0.5, 0.6) is 5.75 Å². The van der Waals surface area contributed by atoms with Gasteiger partial charge in [0, 0.05) is 17.5 Å².